The zero-order chi connectivity index (χ0) is 16.8. The molecule has 1 amide bonds. The second-order valence-corrected chi connectivity index (χ2v) is 7.42. The molecule has 3 fully saturated rings. The molecule has 0 aromatic carbocycles. The molecule has 0 bridgehead atoms. The molecule has 1 heterocycles. The highest BCUT2D eigenvalue weighted by Crippen LogP contribution is 2.28. The molecule has 0 atom stereocenters. The third kappa shape index (κ3) is 5.98. The Labute approximate surface area is 169 Å². The largest absolute Gasteiger partial charge is 0.355 e. The summed E-state index contributed by atoms with van der Waals surface area (Å²) in [6, 6.07) is 0.595. The summed E-state index contributed by atoms with van der Waals surface area (Å²) in [5, 5.41) is 6.95. The third-order valence-electron chi connectivity index (χ3n) is 5.78. The number of amides is 1. The molecule has 0 aromatic rings. The fourth-order valence-corrected chi connectivity index (χ4v) is 3.90. The van der Waals surface area contributed by atoms with Gasteiger partial charge in [-0.05, 0) is 25.7 Å². The fourth-order valence-electron chi connectivity index (χ4n) is 3.90. The van der Waals surface area contributed by atoms with Crippen LogP contribution in [0, 0.1) is 5.92 Å². The van der Waals surface area contributed by atoms with Gasteiger partial charge in [-0.1, -0.05) is 19.3 Å². The molecule has 2 saturated carbocycles. The first-order valence-electron chi connectivity index (χ1n) is 9.74. The number of carbonyl (C=O) groups is 1. The van der Waals surface area contributed by atoms with Crippen LogP contribution in [0.15, 0.2) is 4.99 Å². The van der Waals surface area contributed by atoms with Gasteiger partial charge in [0, 0.05) is 58.3 Å². The summed E-state index contributed by atoms with van der Waals surface area (Å²) >= 11 is 0. The minimum absolute atomic E-state index is 0. The van der Waals surface area contributed by atoms with E-state index < -0.39 is 0 Å². The summed E-state index contributed by atoms with van der Waals surface area (Å²) in [5.74, 6) is 1.67. The number of aliphatic imine (C=N–C) groups is 1. The lowest BCUT2D eigenvalue weighted by Crippen LogP contribution is -2.52. The lowest BCUT2D eigenvalue weighted by molar-refractivity contribution is -0.139. The van der Waals surface area contributed by atoms with Crippen LogP contribution in [-0.2, 0) is 4.79 Å². The van der Waals surface area contributed by atoms with Crippen LogP contribution >= 0.6 is 24.0 Å². The molecule has 25 heavy (non-hydrogen) atoms. The molecule has 0 aromatic heterocycles. The number of hydrogen-bond acceptors (Lipinski definition) is 3. The Kier molecular flexibility index (Phi) is 8.75. The molecular weight excluding hydrogens is 429 g/mol. The van der Waals surface area contributed by atoms with Gasteiger partial charge in [0.05, 0.1) is 0 Å². The highest BCUT2D eigenvalue weighted by molar-refractivity contribution is 14.0. The van der Waals surface area contributed by atoms with Crippen molar-refractivity contribution < 1.29 is 4.79 Å². The van der Waals surface area contributed by atoms with Gasteiger partial charge < -0.3 is 15.5 Å². The van der Waals surface area contributed by atoms with Crippen LogP contribution in [0.5, 0.6) is 0 Å². The summed E-state index contributed by atoms with van der Waals surface area (Å²) in [4.78, 5) is 21.1. The summed E-state index contributed by atoms with van der Waals surface area (Å²) in [5.41, 5.74) is 0. The molecule has 1 saturated heterocycles. The number of rotatable bonds is 5. The SMILES string of the molecule is CN=C(NCCN1CCN(C(=O)C2CCC2)CC1)NC1CCCC1.I. The number of carbonyl (C=O) groups excluding carboxylic acids is 1. The summed E-state index contributed by atoms with van der Waals surface area (Å²) < 4.78 is 0. The fraction of sp³-hybridized carbons (Fsp3) is 0.889. The zero-order valence-electron chi connectivity index (χ0n) is 15.5. The first-order chi connectivity index (χ1) is 11.8. The molecular formula is C18H34IN5O. The van der Waals surface area contributed by atoms with Gasteiger partial charge in [-0.15, -0.1) is 24.0 Å². The van der Waals surface area contributed by atoms with Gasteiger partial charge in [0.25, 0.3) is 0 Å². The Morgan fingerprint density at radius 2 is 1.72 bits per heavy atom. The van der Waals surface area contributed by atoms with Gasteiger partial charge in [0.1, 0.15) is 0 Å². The van der Waals surface area contributed by atoms with Crippen LogP contribution in [0.25, 0.3) is 0 Å². The predicted octanol–water partition coefficient (Wildman–Crippen LogP) is 1.66. The van der Waals surface area contributed by atoms with E-state index >= 15 is 0 Å². The van der Waals surface area contributed by atoms with Gasteiger partial charge in [0.15, 0.2) is 5.96 Å². The number of nitrogens with zero attached hydrogens (tertiary/aromatic N) is 3. The van der Waals surface area contributed by atoms with E-state index in [9.17, 15) is 4.79 Å². The minimum Gasteiger partial charge on any atom is -0.355 e. The molecule has 1 aliphatic heterocycles. The second-order valence-electron chi connectivity index (χ2n) is 7.42. The van der Waals surface area contributed by atoms with Crippen LogP contribution in [0.3, 0.4) is 0 Å². The molecule has 0 unspecified atom stereocenters. The molecule has 7 heteroatoms. The van der Waals surface area contributed by atoms with Crippen molar-refractivity contribution in [3.05, 3.63) is 0 Å². The Balaban J connectivity index is 0.00000225. The van der Waals surface area contributed by atoms with E-state index in [0.29, 0.717) is 17.9 Å². The van der Waals surface area contributed by atoms with Gasteiger partial charge in [-0.2, -0.15) is 0 Å². The van der Waals surface area contributed by atoms with Crippen molar-refractivity contribution in [2.45, 2.75) is 51.0 Å². The maximum atomic E-state index is 12.3. The van der Waals surface area contributed by atoms with Crippen molar-refractivity contribution in [3.8, 4) is 0 Å². The van der Waals surface area contributed by atoms with Crippen molar-refractivity contribution in [2.75, 3.05) is 46.3 Å². The summed E-state index contributed by atoms with van der Waals surface area (Å²) in [7, 11) is 1.84. The van der Waals surface area contributed by atoms with Crippen LogP contribution in [-0.4, -0.2) is 74.0 Å². The molecule has 2 N–H and O–H groups in total. The number of piperazine rings is 1. The van der Waals surface area contributed by atoms with Crippen molar-refractivity contribution in [2.24, 2.45) is 10.9 Å². The third-order valence-corrected chi connectivity index (χ3v) is 5.78. The average molecular weight is 463 g/mol. The Morgan fingerprint density at radius 3 is 2.28 bits per heavy atom. The van der Waals surface area contributed by atoms with Crippen LogP contribution in [0.2, 0.25) is 0 Å². The van der Waals surface area contributed by atoms with E-state index in [1.807, 2.05) is 7.05 Å². The first kappa shape index (κ1) is 20.7. The van der Waals surface area contributed by atoms with Gasteiger partial charge in [0.2, 0.25) is 5.91 Å². The van der Waals surface area contributed by atoms with E-state index in [1.165, 1.54) is 32.1 Å². The molecule has 6 nitrogen and oxygen atoms in total. The smallest absolute Gasteiger partial charge is 0.225 e. The lowest BCUT2D eigenvalue weighted by atomic mass is 9.84. The predicted molar refractivity (Wildman–Crippen MR) is 113 cm³/mol. The van der Waals surface area contributed by atoms with Gasteiger partial charge in [-0.3, -0.25) is 14.7 Å². The van der Waals surface area contributed by atoms with Crippen LogP contribution in [0.1, 0.15) is 44.9 Å². The Bertz CT molecular complexity index is 441. The van der Waals surface area contributed by atoms with E-state index in [1.54, 1.807) is 0 Å². The number of halogens is 1. The van der Waals surface area contributed by atoms with Crippen molar-refractivity contribution >= 4 is 35.8 Å². The maximum Gasteiger partial charge on any atom is 0.225 e. The van der Waals surface area contributed by atoms with E-state index in [2.05, 4.69) is 25.4 Å². The van der Waals surface area contributed by atoms with E-state index in [4.69, 9.17) is 0 Å². The van der Waals surface area contributed by atoms with E-state index in [-0.39, 0.29) is 24.0 Å². The van der Waals surface area contributed by atoms with Gasteiger partial charge in [-0.25, -0.2) is 0 Å². The van der Waals surface area contributed by atoms with Crippen molar-refractivity contribution in [3.63, 3.8) is 0 Å². The van der Waals surface area contributed by atoms with Crippen molar-refractivity contribution in [1.82, 2.24) is 20.4 Å². The standard InChI is InChI=1S/C18H33N5O.HI/c1-19-18(21-16-7-2-3-8-16)20-9-10-22-11-13-23(14-12-22)17(24)15-5-4-6-15;/h15-16H,2-14H2,1H3,(H2,19,20,21);1H. The second kappa shape index (κ2) is 10.5. The molecule has 2 aliphatic carbocycles. The summed E-state index contributed by atoms with van der Waals surface area (Å²) in [6.45, 7) is 5.69. The number of guanidine groups is 1. The Morgan fingerprint density at radius 1 is 1.04 bits per heavy atom. The molecule has 0 spiro atoms. The maximum absolute atomic E-state index is 12.3. The average Bonchev–Trinajstić information content (AvgIpc) is 3.06. The zero-order valence-corrected chi connectivity index (χ0v) is 17.8. The Hall–Kier alpha value is -0.570. The summed E-state index contributed by atoms with van der Waals surface area (Å²) in [6.07, 6.45) is 8.64. The monoisotopic (exact) mass is 463 g/mol. The number of nitrogens with one attached hydrogen (secondary N) is 2. The lowest BCUT2D eigenvalue weighted by Gasteiger charge is -2.38. The van der Waals surface area contributed by atoms with E-state index in [0.717, 1.165) is 58.1 Å². The molecule has 3 rings (SSSR count). The highest BCUT2D eigenvalue weighted by atomic mass is 127. The minimum atomic E-state index is 0. The molecule has 0 radical (unpaired) electrons. The number of hydrogen-bond donors (Lipinski definition) is 2. The quantitative estimate of drug-likeness (QED) is 0.370. The van der Waals surface area contributed by atoms with Gasteiger partial charge >= 0.3 is 0 Å². The topological polar surface area (TPSA) is 60.0 Å². The molecule has 3 aliphatic rings. The molecule has 144 valence electrons. The normalized spacial score (nSPS) is 23.1. The first-order valence-corrected chi connectivity index (χ1v) is 9.74. The van der Waals surface area contributed by atoms with Crippen LogP contribution < -0.4 is 10.6 Å². The highest BCUT2D eigenvalue weighted by Gasteiger charge is 2.31. The van der Waals surface area contributed by atoms with Crippen molar-refractivity contribution in [1.29, 1.82) is 0 Å². The van der Waals surface area contributed by atoms with Crippen LogP contribution in [0.4, 0.5) is 0 Å².